The number of aryl methyl sites for hydroxylation is 2. The van der Waals surface area contributed by atoms with Gasteiger partial charge in [0.1, 0.15) is 17.6 Å². The number of carbonyl (C=O) groups excluding carboxylic acids is 1. The van der Waals surface area contributed by atoms with Gasteiger partial charge in [-0.25, -0.2) is 18.6 Å². The molecule has 3 heterocycles. The Labute approximate surface area is 224 Å². The molecule has 1 aliphatic heterocycles. The molecule has 39 heavy (non-hydrogen) atoms. The third-order valence-corrected chi connectivity index (χ3v) is 7.99. The lowest BCUT2D eigenvalue weighted by Crippen LogP contribution is -2.42. The molecule has 204 valence electrons. The fourth-order valence-electron chi connectivity index (χ4n) is 6.07. The third kappa shape index (κ3) is 4.46. The van der Waals surface area contributed by atoms with Crippen LogP contribution in [-0.2, 0) is 9.47 Å². The summed E-state index contributed by atoms with van der Waals surface area (Å²) in [5.41, 5.74) is 4.62. The number of amides is 1. The smallest absolute Gasteiger partial charge is 0.414 e. The topological polar surface area (TPSA) is 82.6 Å². The minimum atomic E-state index is -1.03. The number of benzene rings is 2. The van der Waals surface area contributed by atoms with Gasteiger partial charge < -0.3 is 18.6 Å². The molecule has 1 amide bonds. The molecule has 0 bridgehead atoms. The summed E-state index contributed by atoms with van der Waals surface area (Å²) >= 11 is 0. The summed E-state index contributed by atoms with van der Waals surface area (Å²) in [6, 6.07) is 9.18. The molecule has 10 heteroatoms. The second-order valence-corrected chi connectivity index (χ2v) is 10.3. The summed E-state index contributed by atoms with van der Waals surface area (Å²) in [5, 5.41) is 4.09. The average Bonchev–Trinajstić information content (AvgIpc) is 3.48. The predicted molar refractivity (Wildman–Crippen MR) is 141 cm³/mol. The van der Waals surface area contributed by atoms with E-state index in [0.717, 1.165) is 71.4 Å². The van der Waals surface area contributed by atoms with E-state index in [1.807, 2.05) is 26.0 Å². The van der Waals surface area contributed by atoms with Crippen LogP contribution in [0.5, 0.6) is 0 Å². The molecule has 1 aliphatic carbocycles. The number of cyclic esters (lactones) is 1. The second kappa shape index (κ2) is 10.1. The zero-order chi connectivity index (χ0) is 27.3. The minimum Gasteiger partial charge on any atom is -0.449 e. The molecule has 2 aromatic carbocycles. The molecule has 0 spiro atoms. The molecule has 0 radical (unpaired) electrons. The van der Waals surface area contributed by atoms with E-state index in [1.165, 1.54) is 11.0 Å². The van der Waals surface area contributed by atoms with Crippen molar-refractivity contribution in [2.24, 2.45) is 0 Å². The molecule has 1 atom stereocenters. The van der Waals surface area contributed by atoms with Crippen molar-refractivity contribution in [3.8, 4) is 11.1 Å². The molecule has 0 N–H and O–H groups in total. The van der Waals surface area contributed by atoms with Gasteiger partial charge in [0.25, 0.3) is 0 Å². The number of aromatic nitrogens is 3. The van der Waals surface area contributed by atoms with Crippen LogP contribution in [-0.4, -0.2) is 40.6 Å². The van der Waals surface area contributed by atoms with E-state index in [9.17, 15) is 13.6 Å². The quantitative estimate of drug-likeness (QED) is 0.279. The fourth-order valence-corrected chi connectivity index (χ4v) is 6.07. The third-order valence-electron chi connectivity index (χ3n) is 7.99. The highest BCUT2D eigenvalue weighted by atomic mass is 19.2. The number of hydrogen-bond donors (Lipinski definition) is 0. The van der Waals surface area contributed by atoms with Crippen molar-refractivity contribution in [2.75, 3.05) is 18.6 Å². The molecule has 2 fully saturated rings. The molecular formula is C29H30F2N4O4. The molecule has 0 unspecified atom stereocenters. The molecule has 8 nitrogen and oxygen atoms in total. The average molecular weight is 537 g/mol. The number of nitrogens with zero attached hydrogens (tertiary/aromatic N) is 4. The first-order valence-corrected chi connectivity index (χ1v) is 13.2. The Bertz CT molecular complexity index is 1520. The van der Waals surface area contributed by atoms with Crippen molar-refractivity contribution in [2.45, 2.75) is 64.1 Å². The van der Waals surface area contributed by atoms with E-state index < -0.39 is 23.8 Å². The number of carbonyl (C=O) groups is 1. The van der Waals surface area contributed by atoms with E-state index in [4.69, 9.17) is 19.0 Å². The van der Waals surface area contributed by atoms with Gasteiger partial charge in [0.05, 0.1) is 35.1 Å². The van der Waals surface area contributed by atoms with Crippen LogP contribution < -0.4 is 4.90 Å². The molecular weight excluding hydrogens is 506 g/mol. The number of ether oxygens (including phenoxy) is 2. The lowest BCUT2D eigenvalue weighted by molar-refractivity contribution is 0.0582. The zero-order valence-electron chi connectivity index (χ0n) is 22.1. The minimum absolute atomic E-state index is 0.145. The number of methoxy groups -OCH3 is 1. The number of imidazole rings is 1. The zero-order valence-corrected chi connectivity index (χ0v) is 22.1. The maximum Gasteiger partial charge on any atom is 0.414 e. The highest BCUT2D eigenvalue weighted by Crippen LogP contribution is 2.41. The number of hydrogen-bond acceptors (Lipinski definition) is 6. The summed E-state index contributed by atoms with van der Waals surface area (Å²) in [4.78, 5) is 19.5. The van der Waals surface area contributed by atoms with Crippen molar-refractivity contribution in [1.82, 2.24) is 14.7 Å². The maximum atomic E-state index is 14.2. The fraction of sp³-hybridized carbons (Fsp3) is 0.414. The summed E-state index contributed by atoms with van der Waals surface area (Å²) in [5.74, 6) is -0.582. The van der Waals surface area contributed by atoms with Crippen molar-refractivity contribution in [1.29, 1.82) is 0 Å². The summed E-state index contributed by atoms with van der Waals surface area (Å²) in [6.45, 7) is 3.99. The van der Waals surface area contributed by atoms with E-state index in [1.54, 1.807) is 7.11 Å². The lowest BCUT2D eigenvalue weighted by Gasteiger charge is -2.37. The largest absolute Gasteiger partial charge is 0.449 e. The molecule has 1 saturated carbocycles. The van der Waals surface area contributed by atoms with Gasteiger partial charge in [-0.2, -0.15) is 0 Å². The predicted octanol–water partition coefficient (Wildman–Crippen LogP) is 6.80. The highest BCUT2D eigenvalue weighted by molar-refractivity contribution is 5.90. The standard InChI is InChI=1S/C29H30F2N4O4/c1-16-27(17(2)39-33-16)18-4-11-25-24(14-18)32-28(34(25)19-5-8-21(37-3)9-6-19)26-12-13-38-29(36)35(26)20-7-10-22(30)23(31)15-20/h4,7,10-11,14-15,19,21,26H,5-6,8-9,12-13H2,1-3H3/t19-,21-,26-/m0/s1. The van der Waals surface area contributed by atoms with Crippen molar-refractivity contribution >= 4 is 22.8 Å². The van der Waals surface area contributed by atoms with Crippen LogP contribution in [0, 0.1) is 25.5 Å². The van der Waals surface area contributed by atoms with Crippen LogP contribution in [0.1, 0.15) is 61.5 Å². The van der Waals surface area contributed by atoms with Gasteiger partial charge in [-0.15, -0.1) is 0 Å². The molecule has 4 aromatic rings. The number of halogens is 2. The van der Waals surface area contributed by atoms with Gasteiger partial charge in [-0.05, 0) is 69.4 Å². The molecule has 2 aromatic heterocycles. The van der Waals surface area contributed by atoms with Gasteiger partial charge in [0.2, 0.25) is 0 Å². The SMILES string of the molecule is CO[C@H]1CC[C@H](n2c([C@@H]3CCOC(=O)N3c3ccc(F)c(F)c3)nc3cc(-c4c(C)noc4C)ccc32)CC1. The monoisotopic (exact) mass is 536 g/mol. The van der Waals surface area contributed by atoms with Gasteiger partial charge in [-0.1, -0.05) is 11.2 Å². The van der Waals surface area contributed by atoms with Crippen LogP contribution in [0.25, 0.3) is 22.2 Å². The van der Waals surface area contributed by atoms with Gasteiger partial charge in [0, 0.05) is 31.2 Å². The number of anilines is 1. The Morgan fingerprint density at radius 1 is 1.00 bits per heavy atom. The van der Waals surface area contributed by atoms with Crippen LogP contribution in [0.2, 0.25) is 0 Å². The Morgan fingerprint density at radius 2 is 1.79 bits per heavy atom. The van der Waals surface area contributed by atoms with E-state index in [0.29, 0.717) is 12.2 Å². The van der Waals surface area contributed by atoms with Crippen LogP contribution in [0.3, 0.4) is 0 Å². The van der Waals surface area contributed by atoms with E-state index >= 15 is 0 Å². The van der Waals surface area contributed by atoms with E-state index in [2.05, 4.69) is 15.8 Å². The van der Waals surface area contributed by atoms with E-state index in [-0.39, 0.29) is 24.4 Å². The maximum absolute atomic E-state index is 14.2. The van der Waals surface area contributed by atoms with Crippen molar-refractivity contribution in [3.05, 3.63) is 65.3 Å². The van der Waals surface area contributed by atoms with Gasteiger partial charge >= 0.3 is 6.09 Å². The van der Waals surface area contributed by atoms with Crippen LogP contribution >= 0.6 is 0 Å². The first-order chi connectivity index (χ1) is 18.9. The highest BCUT2D eigenvalue weighted by Gasteiger charge is 2.38. The molecule has 1 saturated heterocycles. The number of fused-ring (bicyclic) bond motifs is 1. The Morgan fingerprint density at radius 3 is 2.49 bits per heavy atom. The Balaban J connectivity index is 1.50. The lowest BCUT2D eigenvalue weighted by atomic mass is 9.92. The Hall–Kier alpha value is -3.79. The van der Waals surface area contributed by atoms with Gasteiger partial charge in [-0.3, -0.25) is 4.90 Å². The number of rotatable bonds is 5. The first-order valence-electron chi connectivity index (χ1n) is 13.2. The Kier molecular flexibility index (Phi) is 6.58. The van der Waals surface area contributed by atoms with Crippen molar-refractivity contribution in [3.63, 3.8) is 0 Å². The van der Waals surface area contributed by atoms with Gasteiger partial charge in [0.15, 0.2) is 11.6 Å². The molecule has 2 aliphatic rings. The summed E-state index contributed by atoms with van der Waals surface area (Å²) < 4.78 is 46.6. The first kappa shape index (κ1) is 25.5. The van der Waals surface area contributed by atoms with Crippen LogP contribution in [0.15, 0.2) is 40.9 Å². The normalized spacial score (nSPS) is 21.9. The second-order valence-electron chi connectivity index (χ2n) is 10.3. The molecule has 6 rings (SSSR count). The summed E-state index contributed by atoms with van der Waals surface area (Å²) in [7, 11) is 1.74. The van der Waals surface area contributed by atoms with Crippen molar-refractivity contribution < 1.29 is 27.6 Å². The summed E-state index contributed by atoms with van der Waals surface area (Å²) in [6.07, 6.45) is 3.67. The van der Waals surface area contributed by atoms with Crippen LogP contribution in [0.4, 0.5) is 19.3 Å².